The Morgan fingerprint density at radius 1 is 1.08 bits per heavy atom. The Bertz CT molecular complexity index is 1340. The van der Waals surface area contributed by atoms with E-state index in [0.29, 0.717) is 30.1 Å². The normalized spacial score (nSPS) is 17.8. The highest BCUT2D eigenvalue weighted by molar-refractivity contribution is 9.10. The van der Waals surface area contributed by atoms with E-state index in [-0.39, 0.29) is 18.2 Å². The molecular formula is C27H25Br2ClN4O2. The Kier molecular flexibility index (Phi) is 7.47. The summed E-state index contributed by atoms with van der Waals surface area (Å²) < 4.78 is 2.00. The molecule has 2 amide bonds. The molecular weight excluding hydrogens is 608 g/mol. The molecule has 1 aromatic carbocycles. The van der Waals surface area contributed by atoms with Crippen molar-refractivity contribution in [3.8, 4) is 0 Å². The summed E-state index contributed by atoms with van der Waals surface area (Å²) in [5, 5.41) is 0.728. The van der Waals surface area contributed by atoms with Gasteiger partial charge in [-0.1, -0.05) is 27.5 Å². The van der Waals surface area contributed by atoms with E-state index in [2.05, 4.69) is 49.0 Å². The molecule has 36 heavy (non-hydrogen) atoms. The zero-order valence-corrected chi connectivity index (χ0v) is 23.4. The first-order valence-corrected chi connectivity index (χ1v) is 13.9. The average molecular weight is 633 g/mol. The standard InChI is InChI=1S/C27H25Br2ClN4O2/c28-19-9-18-2-1-17-10-20(30)12-22(29)24(17)25(26(18)33-13-19)15-4-7-34(8-5-15)23(35)11-16-3-6-32-14-21(16)27(31)36/h3,6,9-10,12-15,25H,1-2,4-5,7-8,11H2,(H2,31,36)/t25-/m1/s1. The number of likely N-dealkylation sites (tertiary alicyclic amines) is 1. The summed E-state index contributed by atoms with van der Waals surface area (Å²) in [6.07, 6.45) is 8.56. The first kappa shape index (κ1) is 25.4. The summed E-state index contributed by atoms with van der Waals surface area (Å²) in [5.74, 6) is -0.118. The van der Waals surface area contributed by atoms with Gasteiger partial charge in [0.25, 0.3) is 5.91 Å². The number of pyridine rings is 2. The molecule has 3 aromatic rings. The third kappa shape index (κ3) is 5.08. The van der Waals surface area contributed by atoms with Crippen molar-refractivity contribution in [1.29, 1.82) is 0 Å². The van der Waals surface area contributed by atoms with Gasteiger partial charge in [-0.3, -0.25) is 19.6 Å². The molecule has 1 saturated heterocycles. The first-order valence-electron chi connectivity index (χ1n) is 11.9. The number of amides is 2. The third-order valence-corrected chi connectivity index (χ3v) is 8.61. The van der Waals surface area contributed by atoms with Gasteiger partial charge in [0.05, 0.1) is 17.7 Å². The number of aromatic nitrogens is 2. The van der Waals surface area contributed by atoms with E-state index in [4.69, 9.17) is 22.3 Å². The molecule has 2 N–H and O–H groups in total. The fraction of sp³-hybridized carbons (Fsp3) is 0.333. The number of carbonyl (C=O) groups excluding carboxylic acids is 2. The van der Waals surface area contributed by atoms with Crippen molar-refractivity contribution in [2.45, 2.75) is 38.0 Å². The zero-order valence-electron chi connectivity index (χ0n) is 19.5. The molecule has 1 fully saturated rings. The second-order valence-corrected chi connectivity index (χ2v) is 11.6. The van der Waals surface area contributed by atoms with E-state index in [1.165, 1.54) is 22.9 Å². The van der Waals surface area contributed by atoms with Crippen molar-refractivity contribution < 1.29 is 9.59 Å². The monoisotopic (exact) mass is 630 g/mol. The van der Waals surface area contributed by atoms with E-state index >= 15 is 0 Å². The van der Waals surface area contributed by atoms with Crippen molar-refractivity contribution in [3.63, 3.8) is 0 Å². The number of halogens is 3. The topological polar surface area (TPSA) is 89.2 Å². The SMILES string of the molecule is NC(=O)c1cnccc1CC(=O)N1CCC([C@H]2c3ncc(Br)cc3CCc3cc(Cl)cc(Br)c32)CC1. The molecule has 6 nitrogen and oxygen atoms in total. The quantitative estimate of drug-likeness (QED) is 0.414. The molecule has 9 heteroatoms. The summed E-state index contributed by atoms with van der Waals surface area (Å²) in [5.41, 5.74) is 11.3. The Labute approximate surface area is 231 Å². The highest BCUT2D eigenvalue weighted by Gasteiger charge is 2.36. The number of hydrogen-bond acceptors (Lipinski definition) is 4. The van der Waals surface area contributed by atoms with Gasteiger partial charge in [0.15, 0.2) is 0 Å². The summed E-state index contributed by atoms with van der Waals surface area (Å²) in [6.45, 7) is 1.31. The van der Waals surface area contributed by atoms with Crippen molar-refractivity contribution in [2.24, 2.45) is 11.7 Å². The van der Waals surface area contributed by atoms with Crippen LogP contribution in [-0.2, 0) is 24.1 Å². The fourth-order valence-corrected chi connectivity index (χ4v) is 7.09. The third-order valence-electron chi connectivity index (χ3n) is 7.30. The minimum Gasteiger partial charge on any atom is -0.366 e. The van der Waals surface area contributed by atoms with Gasteiger partial charge in [-0.2, -0.15) is 0 Å². The zero-order chi connectivity index (χ0) is 25.4. The Morgan fingerprint density at radius 3 is 2.58 bits per heavy atom. The summed E-state index contributed by atoms with van der Waals surface area (Å²) in [6, 6.07) is 7.93. The molecule has 2 aromatic heterocycles. The molecule has 1 aliphatic carbocycles. The number of nitrogens with zero attached hydrogens (tertiary/aromatic N) is 3. The molecule has 0 saturated carbocycles. The Morgan fingerprint density at radius 2 is 1.83 bits per heavy atom. The van der Waals surface area contributed by atoms with E-state index in [1.54, 1.807) is 12.3 Å². The van der Waals surface area contributed by atoms with Crippen LogP contribution in [0, 0.1) is 5.92 Å². The number of carbonyl (C=O) groups is 2. The average Bonchev–Trinajstić information content (AvgIpc) is 3.01. The van der Waals surface area contributed by atoms with E-state index in [1.807, 2.05) is 17.2 Å². The molecule has 0 radical (unpaired) electrons. The van der Waals surface area contributed by atoms with Crippen LogP contribution in [0.1, 0.15) is 57.1 Å². The van der Waals surface area contributed by atoms with Gasteiger partial charge < -0.3 is 10.6 Å². The van der Waals surface area contributed by atoms with Crippen molar-refractivity contribution in [3.05, 3.63) is 90.3 Å². The second kappa shape index (κ2) is 10.6. The van der Waals surface area contributed by atoms with Gasteiger partial charge >= 0.3 is 0 Å². The maximum absolute atomic E-state index is 13.1. The lowest BCUT2D eigenvalue weighted by atomic mass is 9.76. The van der Waals surface area contributed by atoms with Crippen LogP contribution in [0.3, 0.4) is 0 Å². The van der Waals surface area contributed by atoms with E-state index < -0.39 is 5.91 Å². The maximum Gasteiger partial charge on any atom is 0.250 e. The molecule has 2 aliphatic rings. The largest absolute Gasteiger partial charge is 0.366 e. The minimum absolute atomic E-state index is 0.00108. The van der Waals surface area contributed by atoms with Gasteiger partial charge in [-0.05, 0) is 94.1 Å². The summed E-state index contributed by atoms with van der Waals surface area (Å²) in [4.78, 5) is 35.6. The highest BCUT2D eigenvalue weighted by Crippen LogP contribution is 2.46. The fourth-order valence-electron chi connectivity index (χ4n) is 5.59. The number of primary amides is 1. The second-order valence-electron chi connectivity index (χ2n) is 9.43. The lowest BCUT2D eigenvalue weighted by Gasteiger charge is -2.37. The molecule has 0 spiro atoms. The number of piperidine rings is 1. The first-order chi connectivity index (χ1) is 17.3. The number of fused-ring (bicyclic) bond motifs is 2. The van der Waals surface area contributed by atoms with Crippen molar-refractivity contribution >= 4 is 55.3 Å². The molecule has 1 aliphatic heterocycles. The molecule has 3 heterocycles. The lowest BCUT2D eigenvalue weighted by Crippen LogP contribution is -2.41. The van der Waals surface area contributed by atoms with Gasteiger partial charge in [-0.25, -0.2) is 0 Å². The van der Waals surface area contributed by atoms with Crippen molar-refractivity contribution in [2.75, 3.05) is 13.1 Å². The van der Waals surface area contributed by atoms with Crippen LogP contribution < -0.4 is 5.73 Å². The Hall–Kier alpha value is -2.29. The van der Waals surface area contributed by atoms with Gasteiger partial charge in [0.2, 0.25) is 5.91 Å². The molecule has 0 bridgehead atoms. The summed E-state index contributed by atoms with van der Waals surface area (Å²) >= 11 is 13.8. The van der Waals surface area contributed by atoms with E-state index in [0.717, 1.165) is 45.3 Å². The highest BCUT2D eigenvalue weighted by atomic mass is 79.9. The Balaban J connectivity index is 1.39. The van der Waals surface area contributed by atoms with Crippen LogP contribution in [0.5, 0.6) is 0 Å². The molecule has 186 valence electrons. The van der Waals surface area contributed by atoms with Crippen LogP contribution in [0.4, 0.5) is 0 Å². The van der Waals surface area contributed by atoms with Crippen LogP contribution in [-0.4, -0.2) is 39.8 Å². The smallest absolute Gasteiger partial charge is 0.250 e. The van der Waals surface area contributed by atoms with Crippen LogP contribution >= 0.6 is 43.5 Å². The lowest BCUT2D eigenvalue weighted by molar-refractivity contribution is -0.131. The minimum atomic E-state index is -0.569. The van der Waals surface area contributed by atoms with E-state index in [9.17, 15) is 9.59 Å². The number of aryl methyl sites for hydroxylation is 2. The van der Waals surface area contributed by atoms with Gasteiger partial charge in [0, 0.05) is 51.6 Å². The van der Waals surface area contributed by atoms with Gasteiger partial charge in [0.1, 0.15) is 0 Å². The summed E-state index contributed by atoms with van der Waals surface area (Å²) in [7, 11) is 0. The number of rotatable bonds is 4. The molecule has 5 rings (SSSR count). The van der Waals surface area contributed by atoms with Crippen molar-refractivity contribution in [1.82, 2.24) is 14.9 Å². The number of hydrogen-bond donors (Lipinski definition) is 1. The number of nitrogens with two attached hydrogens (primary N) is 1. The van der Waals surface area contributed by atoms with Crippen LogP contribution in [0.15, 0.2) is 51.8 Å². The van der Waals surface area contributed by atoms with Crippen LogP contribution in [0.25, 0.3) is 0 Å². The number of benzene rings is 1. The van der Waals surface area contributed by atoms with Gasteiger partial charge in [-0.15, -0.1) is 0 Å². The predicted molar refractivity (Wildman–Crippen MR) is 146 cm³/mol. The molecule has 1 atom stereocenters. The molecule has 0 unspecified atom stereocenters. The maximum atomic E-state index is 13.1. The van der Waals surface area contributed by atoms with Crippen LogP contribution in [0.2, 0.25) is 5.02 Å². The predicted octanol–water partition coefficient (Wildman–Crippen LogP) is 5.47.